The van der Waals surface area contributed by atoms with E-state index < -0.39 is 8.07 Å². The Bertz CT molecular complexity index is 330. The van der Waals surface area contributed by atoms with E-state index in [9.17, 15) is 0 Å². The van der Waals surface area contributed by atoms with Crippen LogP contribution in [0.3, 0.4) is 0 Å². The van der Waals surface area contributed by atoms with Crippen LogP contribution in [0.5, 0.6) is 0 Å². The molecule has 0 amide bonds. The molecule has 0 spiro atoms. The van der Waals surface area contributed by atoms with Gasteiger partial charge in [-0.2, -0.15) is 0 Å². The minimum atomic E-state index is -1.48. The molecule has 0 unspecified atom stereocenters. The van der Waals surface area contributed by atoms with Crippen LogP contribution in [0, 0.1) is 0 Å². The Kier molecular flexibility index (Phi) is 4.42. The van der Waals surface area contributed by atoms with Gasteiger partial charge in [0, 0.05) is 5.69 Å². The second-order valence-corrected chi connectivity index (χ2v) is 11.9. The highest BCUT2D eigenvalue weighted by atomic mass is 28.3. The van der Waals surface area contributed by atoms with Gasteiger partial charge in [0.2, 0.25) is 0 Å². The minimum absolute atomic E-state index is 0.756. The molecule has 0 radical (unpaired) electrons. The molecular weight excluding hydrogens is 222 g/mol. The number of nitrogen functional groups attached to an aromatic ring is 1. The van der Waals surface area contributed by atoms with E-state index in [4.69, 9.17) is 5.73 Å². The summed E-state index contributed by atoms with van der Waals surface area (Å²) in [5, 5.41) is 1.56. The zero-order valence-electron chi connectivity index (χ0n) is 12.1. The van der Waals surface area contributed by atoms with Crippen LogP contribution in [-0.2, 0) is 0 Å². The molecule has 96 valence electrons. The largest absolute Gasteiger partial charge is 0.399 e. The predicted molar refractivity (Wildman–Crippen MR) is 81.5 cm³/mol. The molecule has 0 aliphatic heterocycles. The Morgan fingerprint density at radius 2 is 1.12 bits per heavy atom. The molecular formula is C15H27NSi. The summed E-state index contributed by atoms with van der Waals surface area (Å²) in [4.78, 5) is 0. The summed E-state index contributed by atoms with van der Waals surface area (Å²) in [7, 11) is -1.48. The van der Waals surface area contributed by atoms with E-state index in [0.29, 0.717) is 0 Å². The fraction of sp³-hybridized carbons (Fsp3) is 0.600. The number of anilines is 1. The zero-order valence-corrected chi connectivity index (χ0v) is 13.1. The molecule has 2 N–H and O–H groups in total. The maximum Gasteiger partial charge on any atom is 0.0942 e. The molecule has 0 aliphatic rings. The highest BCUT2D eigenvalue weighted by Crippen LogP contribution is 2.40. The van der Waals surface area contributed by atoms with Gasteiger partial charge in [0.05, 0.1) is 8.07 Å². The first-order valence-corrected chi connectivity index (χ1v) is 8.92. The van der Waals surface area contributed by atoms with Crippen LogP contribution >= 0.6 is 0 Å². The summed E-state index contributed by atoms with van der Waals surface area (Å²) in [5.41, 5.74) is 8.95. The van der Waals surface area contributed by atoms with Crippen molar-refractivity contribution in [2.24, 2.45) is 0 Å². The predicted octanol–water partition coefficient (Wildman–Crippen LogP) is 4.15. The van der Waals surface area contributed by atoms with Gasteiger partial charge in [-0.3, -0.25) is 0 Å². The van der Waals surface area contributed by atoms with Gasteiger partial charge in [-0.15, -0.1) is 0 Å². The van der Waals surface area contributed by atoms with Gasteiger partial charge in [-0.05, 0) is 28.8 Å². The highest BCUT2D eigenvalue weighted by molar-refractivity contribution is 6.95. The van der Waals surface area contributed by atoms with Gasteiger partial charge in [0.1, 0.15) is 0 Å². The standard InChI is InChI=1S/C15H27NSi/c1-11(2)17(12(3)4,13(5)6)15-9-7-14(16)8-10-15/h7-13H,16H2,1-6H3. The average Bonchev–Trinajstić information content (AvgIpc) is 2.20. The van der Waals surface area contributed by atoms with Crippen molar-refractivity contribution in [3.8, 4) is 0 Å². The molecule has 1 aromatic carbocycles. The Hall–Kier alpha value is -0.763. The second-order valence-electron chi connectivity index (χ2n) is 6.02. The lowest BCUT2D eigenvalue weighted by molar-refractivity contribution is 0.835. The van der Waals surface area contributed by atoms with Crippen LogP contribution in [-0.4, -0.2) is 8.07 Å². The molecule has 0 aromatic heterocycles. The number of benzene rings is 1. The van der Waals surface area contributed by atoms with Crippen LogP contribution in [0.15, 0.2) is 24.3 Å². The lowest BCUT2D eigenvalue weighted by Crippen LogP contribution is -2.55. The molecule has 2 heteroatoms. The SMILES string of the molecule is CC(C)[Si](c1ccc(N)cc1)(C(C)C)C(C)C. The summed E-state index contributed by atoms with van der Waals surface area (Å²) < 4.78 is 0. The number of hydrogen-bond acceptors (Lipinski definition) is 1. The fourth-order valence-electron chi connectivity index (χ4n) is 3.77. The first kappa shape index (κ1) is 14.3. The van der Waals surface area contributed by atoms with Crippen molar-refractivity contribution in [1.82, 2.24) is 0 Å². The Balaban J connectivity index is 3.36. The molecule has 0 heterocycles. The Morgan fingerprint density at radius 3 is 1.41 bits per heavy atom. The van der Waals surface area contributed by atoms with Crippen molar-refractivity contribution in [2.45, 2.75) is 58.2 Å². The smallest absolute Gasteiger partial charge is 0.0942 e. The minimum Gasteiger partial charge on any atom is -0.399 e. The van der Waals surface area contributed by atoms with E-state index in [-0.39, 0.29) is 0 Å². The summed E-state index contributed by atoms with van der Waals surface area (Å²) in [6.07, 6.45) is 0. The lowest BCUT2D eigenvalue weighted by Gasteiger charge is -2.43. The van der Waals surface area contributed by atoms with Gasteiger partial charge >= 0.3 is 0 Å². The number of rotatable bonds is 4. The molecule has 0 fully saturated rings. The van der Waals surface area contributed by atoms with Crippen molar-refractivity contribution in [3.05, 3.63) is 24.3 Å². The third-order valence-corrected chi connectivity index (χ3v) is 11.3. The zero-order chi connectivity index (χ0) is 13.2. The number of hydrogen-bond donors (Lipinski definition) is 1. The molecule has 0 aliphatic carbocycles. The molecule has 1 nitrogen and oxygen atoms in total. The average molecular weight is 249 g/mol. The van der Waals surface area contributed by atoms with E-state index in [0.717, 1.165) is 22.3 Å². The number of nitrogens with two attached hydrogens (primary N) is 1. The van der Waals surface area contributed by atoms with Gasteiger partial charge in [0.15, 0.2) is 0 Å². The third kappa shape index (κ3) is 2.42. The molecule has 17 heavy (non-hydrogen) atoms. The van der Waals surface area contributed by atoms with E-state index >= 15 is 0 Å². The highest BCUT2D eigenvalue weighted by Gasteiger charge is 2.43. The normalized spacial score (nSPS) is 12.8. The van der Waals surface area contributed by atoms with Crippen molar-refractivity contribution in [2.75, 3.05) is 5.73 Å². The topological polar surface area (TPSA) is 26.0 Å². The maximum absolute atomic E-state index is 5.81. The van der Waals surface area contributed by atoms with Crippen LogP contribution in [0.2, 0.25) is 16.6 Å². The third-order valence-electron chi connectivity index (χ3n) is 4.28. The Morgan fingerprint density at radius 1 is 0.765 bits per heavy atom. The van der Waals surface area contributed by atoms with Crippen molar-refractivity contribution < 1.29 is 0 Å². The quantitative estimate of drug-likeness (QED) is 0.629. The summed E-state index contributed by atoms with van der Waals surface area (Å²) >= 11 is 0. The lowest BCUT2D eigenvalue weighted by atomic mass is 10.3. The monoisotopic (exact) mass is 249 g/mol. The van der Waals surface area contributed by atoms with Crippen LogP contribution in [0.4, 0.5) is 5.69 Å². The van der Waals surface area contributed by atoms with Crippen molar-refractivity contribution in [3.63, 3.8) is 0 Å². The summed E-state index contributed by atoms with van der Waals surface area (Å²) in [6.45, 7) is 14.3. The maximum atomic E-state index is 5.81. The van der Waals surface area contributed by atoms with E-state index in [1.165, 1.54) is 0 Å². The first-order valence-electron chi connectivity index (χ1n) is 6.69. The van der Waals surface area contributed by atoms with Crippen molar-refractivity contribution >= 4 is 18.9 Å². The molecule has 1 aromatic rings. The molecule has 0 bridgehead atoms. The first-order chi connectivity index (χ1) is 7.83. The molecule has 0 saturated heterocycles. The summed E-state index contributed by atoms with van der Waals surface area (Å²) in [6, 6.07) is 8.65. The fourth-order valence-corrected chi connectivity index (χ4v) is 10.5. The van der Waals surface area contributed by atoms with Crippen LogP contribution < -0.4 is 10.9 Å². The molecule has 1 rings (SSSR count). The molecule has 0 saturated carbocycles. The van der Waals surface area contributed by atoms with Gasteiger partial charge in [-0.1, -0.05) is 58.9 Å². The van der Waals surface area contributed by atoms with Gasteiger partial charge in [-0.25, -0.2) is 0 Å². The van der Waals surface area contributed by atoms with Crippen LogP contribution in [0.1, 0.15) is 41.5 Å². The molecule has 0 atom stereocenters. The second kappa shape index (κ2) is 5.26. The van der Waals surface area contributed by atoms with Crippen molar-refractivity contribution in [1.29, 1.82) is 0 Å². The van der Waals surface area contributed by atoms with E-state index in [2.05, 4.69) is 65.8 Å². The summed E-state index contributed by atoms with van der Waals surface area (Å²) in [5.74, 6) is 0. The van der Waals surface area contributed by atoms with E-state index in [1.807, 2.05) is 0 Å². The van der Waals surface area contributed by atoms with Gasteiger partial charge < -0.3 is 5.73 Å². The van der Waals surface area contributed by atoms with Gasteiger partial charge in [0.25, 0.3) is 0 Å². The Labute approximate surface area is 107 Å². The van der Waals surface area contributed by atoms with E-state index in [1.54, 1.807) is 5.19 Å². The van der Waals surface area contributed by atoms with Crippen LogP contribution in [0.25, 0.3) is 0 Å².